The molecule has 3 rings (SSSR count). The van der Waals surface area contributed by atoms with Crippen LogP contribution < -0.4 is 5.32 Å². The van der Waals surface area contributed by atoms with Crippen LogP contribution in [0, 0.1) is 6.92 Å². The maximum Gasteiger partial charge on any atom is 0.253 e. The molecule has 0 aliphatic carbocycles. The van der Waals surface area contributed by atoms with Gasteiger partial charge in [-0.15, -0.1) is 0 Å². The van der Waals surface area contributed by atoms with Gasteiger partial charge in [0.2, 0.25) is 0 Å². The smallest absolute Gasteiger partial charge is 0.253 e. The van der Waals surface area contributed by atoms with Crippen molar-refractivity contribution in [2.24, 2.45) is 0 Å². The molecule has 1 aromatic heterocycles. The number of rotatable bonds is 6. The van der Waals surface area contributed by atoms with Crippen molar-refractivity contribution in [1.82, 2.24) is 20.0 Å². The molecule has 1 amide bonds. The number of benzene rings is 1. The fourth-order valence-electron chi connectivity index (χ4n) is 3.30. The van der Waals surface area contributed by atoms with E-state index in [4.69, 9.17) is 0 Å². The van der Waals surface area contributed by atoms with Gasteiger partial charge in [0, 0.05) is 37.4 Å². The highest BCUT2D eigenvalue weighted by molar-refractivity contribution is 5.94. The third-order valence-corrected chi connectivity index (χ3v) is 4.70. The van der Waals surface area contributed by atoms with E-state index in [0.717, 1.165) is 50.1 Å². The molecular formula is C20H28N4O. The van der Waals surface area contributed by atoms with Gasteiger partial charge in [0.1, 0.15) is 0 Å². The van der Waals surface area contributed by atoms with E-state index in [1.165, 1.54) is 12.0 Å². The van der Waals surface area contributed by atoms with E-state index in [1.807, 2.05) is 40.9 Å². The van der Waals surface area contributed by atoms with Crippen molar-refractivity contribution >= 4 is 5.91 Å². The summed E-state index contributed by atoms with van der Waals surface area (Å²) in [5.74, 6) is 0.168. The minimum absolute atomic E-state index is 0.168. The monoisotopic (exact) mass is 340 g/mol. The summed E-state index contributed by atoms with van der Waals surface area (Å²) >= 11 is 0. The van der Waals surface area contributed by atoms with Crippen LogP contribution in [-0.4, -0.2) is 39.7 Å². The van der Waals surface area contributed by atoms with E-state index in [2.05, 4.69) is 29.6 Å². The van der Waals surface area contributed by atoms with Gasteiger partial charge in [-0.3, -0.25) is 9.48 Å². The summed E-state index contributed by atoms with van der Waals surface area (Å²) in [4.78, 5) is 14.6. The third-order valence-electron chi connectivity index (χ3n) is 4.70. The van der Waals surface area contributed by atoms with E-state index in [-0.39, 0.29) is 5.91 Å². The molecule has 1 aromatic carbocycles. The minimum atomic E-state index is 0.168. The van der Waals surface area contributed by atoms with Crippen LogP contribution in [0.4, 0.5) is 0 Å². The summed E-state index contributed by atoms with van der Waals surface area (Å²) in [5.41, 5.74) is 3.12. The van der Waals surface area contributed by atoms with E-state index in [1.54, 1.807) is 0 Å². The lowest BCUT2D eigenvalue weighted by molar-refractivity contribution is 0.0724. The van der Waals surface area contributed by atoms with Crippen LogP contribution >= 0.6 is 0 Å². The van der Waals surface area contributed by atoms with Gasteiger partial charge in [-0.1, -0.05) is 12.1 Å². The molecular weight excluding hydrogens is 312 g/mol. The van der Waals surface area contributed by atoms with Crippen LogP contribution in [0.5, 0.6) is 0 Å². The lowest BCUT2D eigenvalue weighted by Crippen LogP contribution is -2.35. The highest BCUT2D eigenvalue weighted by atomic mass is 16.2. The normalized spacial score (nSPS) is 16.0. The highest BCUT2D eigenvalue weighted by Gasteiger charge is 2.18. The zero-order valence-electron chi connectivity index (χ0n) is 15.2. The predicted molar refractivity (Wildman–Crippen MR) is 99.5 cm³/mol. The molecule has 1 aliphatic rings. The molecule has 5 heteroatoms. The predicted octanol–water partition coefficient (Wildman–Crippen LogP) is 3.00. The summed E-state index contributed by atoms with van der Waals surface area (Å²) in [5, 5.41) is 7.84. The Morgan fingerprint density at radius 1 is 1.28 bits per heavy atom. The second-order valence-corrected chi connectivity index (χ2v) is 7.07. The van der Waals surface area contributed by atoms with Gasteiger partial charge in [0.05, 0.1) is 12.7 Å². The number of piperidine rings is 1. The molecule has 25 heavy (non-hydrogen) atoms. The minimum Gasteiger partial charge on any atom is -0.339 e. The standard InChI is InChI=1S/C20H28N4O/c1-16-12-22-24(14-16)15-17(2)21-13-18-7-6-8-19(11-18)20(25)23-9-4-3-5-10-23/h6-8,11-12,14,17,21H,3-5,9-10,13,15H2,1-2H3/t17-/m1/s1. The van der Waals surface area contributed by atoms with Gasteiger partial charge < -0.3 is 10.2 Å². The number of hydrogen-bond donors (Lipinski definition) is 1. The Hall–Kier alpha value is -2.14. The van der Waals surface area contributed by atoms with Gasteiger partial charge in [-0.2, -0.15) is 5.10 Å². The first-order valence-electron chi connectivity index (χ1n) is 9.22. The van der Waals surface area contributed by atoms with Crippen LogP contribution in [0.15, 0.2) is 36.7 Å². The number of likely N-dealkylation sites (tertiary alicyclic amines) is 1. The van der Waals surface area contributed by atoms with Gasteiger partial charge in [-0.25, -0.2) is 0 Å². The van der Waals surface area contributed by atoms with E-state index >= 15 is 0 Å². The molecule has 0 unspecified atom stereocenters. The van der Waals surface area contributed by atoms with Gasteiger partial charge in [0.25, 0.3) is 5.91 Å². The first kappa shape index (κ1) is 17.7. The zero-order valence-corrected chi connectivity index (χ0v) is 15.2. The lowest BCUT2D eigenvalue weighted by Gasteiger charge is -2.26. The fourth-order valence-corrected chi connectivity index (χ4v) is 3.30. The van der Waals surface area contributed by atoms with E-state index < -0.39 is 0 Å². The maximum absolute atomic E-state index is 12.6. The molecule has 2 aromatic rings. The summed E-state index contributed by atoms with van der Waals surface area (Å²) < 4.78 is 1.96. The quantitative estimate of drug-likeness (QED) is 0.879. The highest BCUT2D eigenvalue weighted by Crippen LogP contribution is 2.14. The molecule has 1 saturated heterocycles. The molecule has 1 atom stereocenters. The fraction of sp³-hybridized carbons (Fsp3) is 0.500. The maximum atomic E-state index is 12.6. The number of carbonyl (C=O) groups is 1. The van der Waals surface area contributed by atoms with Gasteiger partial charge in [0.15, 0.2) is 0 Å². The first-order valence-corrected chi connectivity index (χ1v) is 9.22. The number of aryl methyl sites for hydroxylation is 1. The molecule has 134 valence electrons. The zero-order chi connectivity index (χ0) is 17.6. The number of hydrogen-bond acceptors (Lipinski definition) is 3. The van der Waals surface area contributed by atoms with Crippen LogP contribution in [0.3, 0.4) is 0 Å². The van der Waals surface area contributed by atoms with Crippen molar-refractivity contribution in [3.63, 3.8) is 0 Å². The third kappa shape index (κ3) is 4.92. The Kier molecular flexibility index (Phi) is 5.87. The average Bonchev–Trinajstić information content (AvgIpc) is 3.05. The van der Waals surface area contributed by atoms with Crippen molar-refractivity contribution in [3.05, 3.63) is 53.3 Å². The summed E-state index contributed by atoms with van der Waals surface area (Å²) in [6, 6.07) is 8.31. The number of aromatic nitrogens is 2. The Balaban J connectivity index is 1.55. The largest absolute Gasteiger partial charge is 0.339 e. The molecule has 1 aliphatic heterocycles. The second kappa shape index (κ2) is 8.30. The van der Waals surface area contributed by atoms with Crippen molar-refractivity contribution in [2.45, 2.75) is 52.2 Å². The average molecular weight is 340 g/mol. The van der Waals surface area contributed by atoms with Crippen molar-refractivity contribution < 1.29 is 4.79 Å². The molecule has 1 N–H and O–H groups in total. The van der Waals surface area contributed by atoms with Crippen molar-refractivity contribution in [1.29, 1.82) is 0 Å². The number of nitrogens with one attached hydrogen (secondary N) is 1. The van der Waals surface area contributed by atoms with Crippen molar-refractivity contribution in [2.75, 3.05) is 13.1 Å². The van der Waals surface area contributed by atoms with Crippen molar-refractivity contribution in [3.8, 4) is 0 Å². The van der Waals surface area contributed by atoms with Gasteiger partial charge >= 0.3 is 0 Å². The molecule has 0 spiro atoms. The summed E-state index contributed by atoms with van der Waals surface area (Å²) in [6.45, 7) is 7.57. The van der Waals surface area contributed by atoms with Crippen LogP contribution in [0.25, 0.3) is 0 Å². The first-order chi connectivity index (χ1) is 12.1. The molecule has 2 heterocycles. The summed E-state index contributed by atoms with van der Waals surface area (Å²) in [6.07, 6.45) is 7.41. The van der Waals surface area contributed by atoms with Crippen LogP contribution in [-0.2, 0) is 13.1 Å². The van der Waals surface area contributed by atoms with Gasteiger partial charge in [-0.05, 0) is 56.4 Å². The SMILES string of the molecule is Cc1cnn(C[C@@H](C)NCc2cccc(C(=O)N3CCCCC3)c2)c1. The van der Waals surface area contributed by atoms with Crippen LogP contribution in [0.2, 0.25) is 0 Å². The summed E-state index contributed by atoms with van der Waals surface area (Å²) in [7, 11) is 0. The number of nitrogens with zero attached hydrogens (tertiary/aromatic N) is 3. The topological polar surface area (TPSA) is 50.2 Å². The van der Waals surface area contributed by atoms with E-state index in [9.17, 15) is 4.79 Å². The Labute approximate surface area is 150 Å². The number of amides is 1. The van der Waals surface area contributed by atoms with Crippen LogP contribution in [0.1, 0.15) is 47.7 Å². The molecule has 0 bridgehead atoms. The Morgan fingerprint density at radius 2 is 2.08 bits per heavy atom. The molecule has 0 saturated carbocycles. The lowest BCUT2D eigenvalue weighted by atomic mass is 10.1. The van der Waals surface area contributed by atoms with E-state index in [0.29, 0.717) is 6.04 Å². The molecule has 0 radical (unpaired) electrons. The molecule has 5 nitrogen and oxygen atoms in total. The Bertz CT molecular complexity index is 703. The molecule has 1 fully saturated rings. The number of carbonyl (C=O) groups excluding carboxylic acids is 1. The second-order valence-electron chi connectivity index (χ2n) is 7.07. The Morgan fingerprint density at radius 3 is 2.80 bits per heavy atom.